The molecular weight excluding hydrogens is 372 g/mol. The van der Waals surface area contributed by atoms with Gasteiger partial charge in [0.1, 0.15) is 11.7 Å². The SMILES string of the molecule is Cc1ccc2c(c1)CN(C)CC(=N)N2C(=N)C1CCCCC1.Cc1cnc(C)cn1. The van der Waals surface area contributed by atoms with Gasteiger partial charge in [0.2, 0.25) is 0 Å². The van der Waals surface area contributed by atoms with Gasteiger partial charge in [0.15, 0.2) is 0 Å². The second-order valence-corrected chi connectivity index (χ2v) is 8.61. The van der Waals surface area contributed by atoms with Gasteiger partial charge in [0, 0.05) is 24.9 Å². The first-order valence-corrected chi connectivity index (χ1v) is 10.8. The lowest BCUT2D eigenvalue weighted by atomic mass is 9.87. The highest BCUT2D eigenvalue weighted by Crippen LogP contribution is 2.32. The van der Waals surface area contributed by atoms with Crippen LogP contribution in [0.25, 0.3) is 0 Å². The van der Waals surface area contributed by atoms with Crippen LogP contribution in [0.2, 0.25) is 0 Å². The van der Waals surface area contributed by atoms with E-state index in [0.717, 1.165) is 36.5 Å². The van der Waals surface area contributed by atoms with Crippen molar-refractivity contribution in [3.05, 3.63) is 53.1 Å². The topological polar surface area (TPSA) is 80.0 Å². The molecule has 4 rings (SSSR count). The lowest BCUT2D eigenvalue weighted by molar-refractivity contribution is 0.376. The Morgan fingerprint density at radius 1 is 0.967 bits per heavy atom. The van der Waals surface area contributed by atoms with Crippen molar-refractivity contribution in [1.82, 2.24) is 14.9 Å². The Morgan fingerprint density at radius 2 is 1.60 bits per heavy atom. The first-order chi connectivity index (χ1) is 14.3. The zero-order valence-electron chi connectivity index (χ0n) is 18.7. The zero-order chi connectivity index (χ0) is 21.7. The molecule has 0 spiro atoms. The van der Waals surface area contributed by atoms with Gasteiger partial charge in [0.05, 0.1) is 23.6 Å². The van der Waals surface area contributed by atoms with Crippen LogP contribution in [0, 0.1) is 37.5 Å². The molecule has 0 amide bonds. The number of aryl methyl sites for hydroxylation is 3. The highest BCUT2D eigenvalue weighted by Gasteiger charge is 2.30. The van der Waals surface area contributed by atoms with Crippen molar-refractivity contribution in [1.29, 1.82) is 10.8 Å². The molecule has 30 heavy (non-hydrogen) atoms. The van der Waals surface area contributed by atoms with Gasteiger partial charge < -0.3 is 0 Å². The average molecular weight is 407 g/mol. The molecule has 6 heteroatoms. The van der Waals surface area contributed by atoms with Gasteiger partial charge >= 0.3 is 0 Å². The molecule has 0 atom stereocenters. The second kappa shape index (κ2) is 9.94. The Bertz CT molecular complexity index is 862. The number of aromatic nitrogens is 2. The number of benzene rings is 1. The lowest BCUT2D eigenvalue weighted by Gasteiger charge is -2.32. The molecular formula is C24H34N6. The molecule has 2 N–H and O–H groups in total. The summed E-state index contributed by atoms with van der Waals surface area (Å²) in [5, 5.41) is 17.2. The number of nitrogens with zero attached hydrogens (tertiary/aromatic N) is 4. The van der Waals surface area contributed by atoms with Crippen LogP contribution in [0.4, 0.5) is 5.69 Å². The summed E-state index contributed by atoms with van der Waals surface area (Å²) in [4.78, 5) is 12.1. The van der Waals surface area contributed by atoms with Crippen LogP contribution < -0.4 is 4.90 Å². The summed E-state index contributed by atoms with van der Waals surface area (Å²) < 4.78 is 0. The van der Waals surface area contributed by atoms with E-state index in [-0.39, 0.29) is 0 Å². The van der Waals surface area contributed by atoms with Crippen molar-refractivity contribution in [3.63, 3.8) is 0 Å². The molecule has 1 aromatic carbocycles. The largest absolute Gasteiger partial charge is 0.295 e. The third-order valence-electron chi connectivity index (χ3n) is 5.75. The molecule has 0 unspecified atom stereocenters. The molecule has 2 aliphatic rings. The first kappa shape index (κ1) is 22.1. The van der Waals surface area contributed by atoms with Crippen molar-refractivity contribution in [2.24, 2.45) is 5.92 Å². The van der Waals surface area contributed by atoms with E-state index in [4.69, 9.17) is 10.8 Å². The number of rotatable bonds is 1. The summed E-state index contributed by atoms with van der Waals surface area (Å²) in [6.07, 6.45) is 9.44. The molecule has 1 aliphatic heterocycles. The van der Waals surface area contributed by atoms with E-state index in [1.54, 1.807) is 12.4 Å². The van der Waals surface area contributed by atoms with E-state index >= 15 is 0 Å². The second-order valence-electron chi connectivity index (χ2n) is 8.61. The van der Waals surface area contributed by atoms with Gasteiger partial charge in [-0.15, -0.1) is 0 Å². The Labute approximate surface area is 180 Å². The van der Waals surface area contributed by atoms with Crippen molar-refractivity contribution in [3.8, 4) is 0 Å². The summed E-state index contributed by atoms with van der Waals surface area (Å²) in [6, 6.07) is 6.39. The Morgan fingerprint density at radius 3 is 2.20 bits per heavy atom. The summed E-state index contributed by atoms with van der Waals surface area (Å²) in [5.41, 5.74) is 5.44. The minimum atomic E-state index is 0.312. The fraction of sp³-hybridized carbons (Fsp3) is 0.500. The smallest absolute Gasteiger partial charge is 0.120 e. The summed E-state index contributed by atoms with van der Waals surface area (Å²) in [6.45, 7) is 7.39. The van der Waals surface area contributed by atoms with Crippen LogP contribution in [0.5, 0.6) is 0 Å². The molecule has 6 nitrogen and oxygen atoms in total. The van der Waals surface area contributed by atoms with E-state index in [1.165, 1.54) is 30.4 Å². The third kappa shape index (κ3) is 5.51. The number of amidine groups is 2. The Balaban J connectivity index is 0.000000269. The van der Waals surface area contributed by atoms with Crippen molar-refractivity contribution in [2.45, 2.75) is 59.4 Å². The lowest BCUT2D eigenvalue weighted by Crippen LogP contribution is -2.43. The van der Waals surface area contributed by atoms with Crippen LogP contribution in [0.3, 0.4) is 0 Å². The predicted octanol–water partition coefficient (Wildman–Crippen LogP) is 4.88. The molecule has 2 aromatic rings. The average Bonchev–Trinajstić information content (AvgIpc) is 2.84. The van der Waals surface area contributed by atoms with Crippen LogP contribution in [-0.4, -0.2) is 40.1 Å². The Kier molecular flexibility index (Phi) is 7.32. The maximum atomic E-state index is 8.72. The molecule has 1 saturated carbocycles. The first-order valence-electron chi connectivity index (χ1n) is 10.8. The minimum Gasteiger partial charge on any atom is -0.295 e. The van der Waals surface area contributed by atoms with Gasteiger partial charge in [-0.2, -0.15) is 0 Å². The molecule has 0 bridgehead atoms. The van der Waals surface area contributed by atoms with Crippen LogP contribution >= 0.6 is 0 Å². The Hall–Kier alpha value is -2.60. The summed E-state index contributed by atoms with van der Waals surface area (Å²) in [5.74, 6) is 1.47. The predicted molar refractivity (Wildman–Crippen MR) is 124 cm³/mol. The van der Waals surface area contributed by atoms with E-state index in [1.807, 2.05) is 25.8 Å². The normalized spacial score (nSPS) is 17.6. The van der Waals surface area contributed by atoms with Gasteiger partial charge in [-0.3, -0.25) is 30.6 Å². The monoisotopic (exact) mass is 406 g/mol. The van der Waals surface area contributed by atoms with Gasteiger partial charge in [0.25, 0.3) is 0 Å². The summed E-state index contributed by atoms with van der Waals surface area (Å²) >= 11 is 0. The highest BCUT2D eigenvalue weighted by molar-refractivity contribution is 6.19. The van der Waals surface area contributed by atoms with E-state index in [9.17, 15) is 0 Å². The number of fused-ring (bicyclic) bond motifs is 1. The van der Waals surface area contributed by atoms with Crippen molar-refractivity contribution in [2.75, 3.05) is 18.5 Å². The molecule has 0 saturated heterocycles. The molecule has 1 aromatic heterocycles. The number of likely N-dealkylation sites (N-methyl/N-ethyl adjacent to an activating group) is 1. The number of hydrogen-bond acceptors (Lipinski definition) is 5. The van der Waals surface area contributed by atoms with Gasteiger partial charge in [-0.05, 0) is 52.3 Å². The van der Waals surface area contributed by atoms with E-state index < -0.39 is 0 Å². The number of hydrogen-bond donors (Lipinski definition) is 2. The fourth-order valence-electron chi connectivity index (χ4n) is 4.17. The minimum absolute atomic E-state index is 0.312. The number of nitrogens with one attached hydrogen (secondary N) is 2. The van der Waals surface area contributed by atoms with Crippen molar-refractivity contribution >= 4 is 17.4 Å². The quantitative estimate of drug-likeness (QED) is 0.523. The van der Waals surface area contributed by atoms with Crippen LogP contribution in [-0.2, 0) is 6.54 Å². The molecule has 2 heterocycles. The molecule has 160 valence electrons. The third-order valence-corrected chi connectivity index (χ3v) is 5.75. The highest BCUT2D eigenvalue weighted by atomic mass is 15.3. The van der Waals surface area contributed by atoms with Gasteiger partial charge in [-0.25, -0.2) is 0 Å². The van der Waals surface area contributed by atoms with Gasteiger partial charge in [-0.1, -0.05) is 37.0 Å². The van der Waals surface area contributed by atoms with Crippen LogP contribution in [0.1, 0.15) is 54.6 Å². The fourth-order valence-corrected chi connectivity index (χ4v) is 4.17. The van der Waals surface area contributed by atoms with Crippen molar-refractivity contribution < 1.29 is 0 Å². The van der Waals surface area contributed by atoms with Crippen LogP contribution in [0.15, 0.2) is 30.6 Å². The number of anilines is 1. The maximum absolute atomic E-state index is 8.72. The molecule has 1 aliphatic carbocycles. The maximum Gasteiger partial charge on any atom is 0.120 e. The van der Waals surface area contributed by atoms with E-state index in [0.29, 0.717) is 24.1 Å². The molecule has 1 fully saturated rings. The molecule has 0 radical (unpaired) electrons. The standard InChI is InChI=1S/C18H26N4.C6H8N2/c1-13-8-9-16-15(10-13)11-21(2)12-17(19)22(16)18(20)14-6-4-3-5-7-14;1-5-3-8-6(2)4-7-5/h8-10,14,19-20H,3-7,11-12H2,1-2H3;3-4H,1-2H3. The van der Waals surface area contributed by atoms with E-state index in [2.05, 4.69) is 40.0 Å². The zero-order valence-corrected chi connectivity index (χ0v) is 18.7. The summed E-state index contributed by atoms with van der Waals surface area (Å²) in [7, 11) is 2.05.